The maximum Gasteiger partial charge on any atom is 0.264 e. The van der Waals surface area contributed by atoms with Crippen molar-refractivity contribution < 1.29 is 25.3 Å². The molecule has 2 aromatic rings. The van der Waals surface area contributed by atoms with Crippen LogP contribution in [0.15, 0.2) is 57.2 Å². The Morgan fingerprint density at radius 2 is 1.44 bits per heavy atom. The van der Waals surface area contributed by atoms with Gasteiger partial charge in [-0.15, -0.1) is 0 Å². The van der Waals surface area contributed by atoms with Gasteiger partial charge in [-0.3, -0.25) is 4.31 Å². The summed E-state index contributed by atoms with van der Waals surface area (Å²) in [4.78, 5) is -0.0564. The number of nitrogens with two attached hydrogens (primary N) is 1. The number of hydrogen-bond donors (Lipinski definition) is 1. The van der Waals surface area contributed by atoms with Gasteiger partial charge in [0.1, 0.15) is 0 Å². The van der Waals surface area contributed by atoms with Crippen LogP contribution in [0.5, 0.6) is 0 Å². The highest BCUT2D eigenvalue weighted by Gasteiger charge is 2.31. The van der Waals surface area contributed by atoms with Crippen molar-refractivity contribution in [2.75, 3.05) is 16.6 Å². The van der Waals surface area contributed by atoms with Crippen molar-refractivity contribution in [2.24, 2.45) is 5.14 Å². The summed E-state index contributed by atoms with van der Waals surface area (Å²) in [6.07, 6.45) is 0.347. The molecule has 1 aliphatic heterocycles. The third-order valence-electron chi connectivity index (χ3n) is 4.38. The first-order valence-electron chi connectivity index (χ1n) is 7.98. The van der Waals surface area contributed by atoms with Crippen LogP contribution in [0.2, 0.25) is 0 Å². The molecule has 0 saturated heterocycles. The molecule has 27 heavy (non-hydrogen) atoms. The molecule has 146 valence electrons. The summed E-state index contributed by atoms with van der Waals surface area (Å²) in [7, 11) is -11.2. The largest absolute Gasteiger partial charge is 0.266 e. The molecule has 0 atom stereocenters. The van der Waals surface area contributed by atoms with E-state index in [1.165, 1.54) is 53.7 Å². The molecule has 0 unspecified atom stereocenters. The second-order valence-electron chi connectivity index (χ2n) is 6.04. The monoisotopic (exact) mass is 430 g/mol. The van der Waals surface area contributed by atoms with Crippen molar-refractivity contribution in [3.8, 4) is 0 Å². The Balaban J connectivity index is 1.99. The molecule has 1 aliphatic rings. The second-order valence-corrected chi connectivity index (χ2v) is 11.7. The summed E-state index contributed by atoms with van der Waals surface area (Å²) >= 11 is 0. The molecule has 0 spiro atoms. The molecule has 2 N–H and O–H groups in total. The van der Waals surface area contributed by atoms with Gasteiger partial charge in [0.15, 0.2) is 9.84 Å². The predicted octanol–water partition coefficient (Wildman–Crippen LogP) is 0.879. The van der Waals surface area contributed by atoms with E-state index in [4.69, 9.17) is 5.14 Å². The van der Waals surface area contributed by atoms with E-state index in [1.54, 1.807) is 0 Å². The van der Waals surface area contributed by atoms with E-state index in [1.807, 2.05) is 0 Å². The summed E-state index contributed by atoms with van der Waals surface area (Å²) in [6, 6.07) is 9.11. The Bertz CT molecular complexity index is 1200. The van der Waals surface area contributed by atoms with E-state index in [2.05, 4.69) is 0 Å². The molecule has 0 fully saturated rings. The summed E-state index contributed by atoms with van der Waals surface area (Å²) in [5.41, 5.74) is 0.947. The van der Waals surface area contributed by atoms with Crippen LogP contribution >= 0.6 is 0 Å². The van der Waals surface area contributed by atoms with Crippen molar-refractivity contribution in [3.05, 3.63) is 48.0 Å². The van der Waals surface area contributed by atoms with Crippen LogP contribution in [0.3, 0.4) is 0 Å². The minimum absolute atomic E-state index is 0.0408. The number of sulfonamides is 2. The Morgan fingerprint density at radius 3 is 2.00 bits per heavy atom. The highest BCUT2D eigenvalue weighted by Crippen LogP contribution is 2.34. The number of rotatable bonds is 5. The van der Waals surface area contributed by atoms with E-state index >= 15 is 0 Å². The molecule has 0 radical (unpaired) electrons. The van der Waals surface area contributed by atoms with Gasteiger partial charge in [-0.05, 0) is 54.4 Å². The van der Waals surface area contributed by atoms with Crippen LogP contribution in [0, 0.1) is 0 Å². The summed E-state index contributed by atoms with van der Waals surface area (Å²) in [5, 5.41) is 5.11. The Hall–Kier alpha value is -1.95. The highest BCUT2D eigenvalue weighted by atomic mass is 32.2. The van der Waals surface area contributed by atoms with E-state index in [-0.39, 0.29) is 27.0 Å². The van der Waals surface area contributed by atoms with Crippen LogP contribution in [-0.4, -0.2) is 37.6 Å². The fraction of sp³-hybridized carbons (Fsp3) is 0.250. The first kappa shape index (κ1) is 19.8. The molecule has 8 nitrogen and oxygen atoms in total. The van der Waals surface area contributed by atoms with Crippen molar-refractivity contribution >= 4 is 35.6 Å². The van der Waals surface area contributed by atoms with Crippen LogP contribution in [0.4, 0.5) is 5.69 Å². The SMILES string of the molecule is CCS(=O)(=O)c1ccc(S(=O)(=O)N2CCc3cc(S(N)(=O)=O)ccc32)cc1. The number of fused-ring (bicyclic) bond motifs is 1. The maximum atomic E-state index is 12.9. The van der Waals surface area contributed by atoms with Gasteiger partial charge in [-0.25, -0.2) is 30.4 Å². The summed E-state index contributed by atoms with van der Waals surface area (Å²) in [6.45, 7) is 1.66. The Morgan fingerprint density at radius 1 is 0.889 bits per heavy atom. The average molecular weight is 431 g/mol. The zero-order valence-electron chi connectivity index (χ0n) is 14.4. The van der Waals surface area contributed by atoms with Crippen LogP contribution in [0.1, 0.15) is 12.5 Å². The zero-order valence-corrected chi connectivity index (χ0v) is 16.8. The first-order chi connectivity index (χ1) is 12.5. The molecule has 0 aromatic heterocycles. The van der Waals surface area contributed by atoms with Gasteiger partial charge in [0.05, 0.1) is 26.1 Å². The number of sulfone groups is 1. The quantitative estimate of drug-likeness (QED) is 0.749. The van der Waals surface area contributed by atoms with Crippen molar-refractivity contribution in [2.45, 2.75) is 28.0 Å². The number of hydrogen-bond acceptors (Lipinski definition) is 6. The molecule has 1 heterocycles. The van der Waals surface area contributed by atoms with Crippen molar-refractivity contribution in [1.29, 1.82) is 0 Å². The van der Waals surface area contributed by atoms with Crippen LogP contribution in [0.25, 0.3) is 0 Å². The number of anilines is 1. The highest BCUT2D eigenvalue weighted by molar-refractivity contribution is 7.93. The molecular weight excluding hydrogens is 412 g/mol. The molecule has 2 aromatic carbocycles. The average Bonchev–Trinajstić information content (AvgIpc) is 3.05. The fourth-order valence-electron chi connectivity index (χ4n) is 2.89. The van der Waals surface area contributed by atoms with Gasteiger partial charge in [0, 0.05) is 6.54 Å². The Kier molecular flexibility index (Phi) is 4.83. The lowest BCUT2D eigenvalue weighted by atomic mass is 10.2. The third kappa shape index (κ3) is 3.59. The predicted molar refractivity (Wildman–Crippen MR) is 100 cm³/mol. The number of primary sulfonamides is 1. The van der Waals surface area contributed by atoms with Gasteiger partial charge in [-0.1, -0.05) is 6.92 Å². The molecule has 11 heteroatoms. The standard InChI is InChI=1S/C16H18N2O6S3/c1-2-25(19,20)13-3-5-14(6-4-13)27(23,24)18-10-9-12-11-15(26(17,21)22)7-8-16(12)18/h3-8,11H,2,9-10H2,1H3,(H2,17,21,22). The van der Waals surface area contributed by atoms with Crippen molar-refractivity contribution in [3.63, 3.8) is 0 Å². The number of nitrogens with zero attached hydrogens (tertiary/aromatic N) is 1. The van der Waals surface area contributed by atoms with E-state index in [0.717, 1.165) is 0 Å². The molecule has 0 bridgehead atoms. The molecular formula is C16H18N2O6S3. The maximum absolute atomic E-state index is 12.9. The van der Waals surface area contributed by atoms with E-state index < -0.39 is 29.9 Å². The molecule has 0 amide bonds. The Labute approximate surface area is 158 Å². The van der Waals surface area contributed by atoms with Gasteiger partial charge in [-0.2, -0.15) is 0 Å². The van der Waals surface area contributed by atoms with Gasteiger partial charge >= 0.3 is 0 Å². The van der Waals surface area contributed by atoms with Gasteiger partial charge in [0.2, 0.25) is 10.0 Å². The lowest BCUT2D eigenvalue weighted by Gasteiger charge is -2.20. The van der Waals surface area contributed by atoms with E-state index in [0.29, 0.717) is 17.7 Å². The normalized spacial score (nSPS) is 15.0. The van der Waals surface area contributed by atoms with Crippen LogP contribution < -0.4 is 9.44 Å². The van der Waals surface area contributed by atoms with Crippen LogP contribution in [-0.2, 0) is 36.3 Å². The topological polar surface area (TPSA) is 132 Å². The molecule has 0 aliphatic carbocycles. The minimum atomic E-state index is -3.91. The number of benzene rings is 2. The summed E-state index contributed by atoms with van der Waals surface area (Å²) in [5.74, 6) is -0.0784. The first-order valence-corrected chi connectivity index (χ1v) is 12.6. The molecule has 3 rings (SSSR count). The van der Waals surface area contributed by atoms with Gasteiger partial charge < -0.3 is 0 Å². The zero-order chi connectivity index (χ0) is 20.0. The third-order valence-corrected chi connectivity index (χ3v) is 8.87. The van der Waals surface area contributed by atoms with Gasteiger partial charge in [0.25, 0.3) is 10.0 Å². The lowest BCUT2D eigenvalue weighted by Crippen LogP contribution is -2.29. The van der Waals surface area contributed by atoms with E-state index in [9.17, 15) is 25.3 Å². The lowest BCUT2D eigenvalue weighted by molar-refractivity contribution is 0.590. The van der Waals surface area contributed by atoms with Crippen molar-refractivity contribution in [1.82, 2.24) is 0 Å². The summed E-state index contributed by atoms with van der Waals surface area (Å²) < 4.78 is 73.8. The smallest absolute Gasteiger partial charge is 0.264 e. The minimum Gasteiger partial charge on any atom is -0.266 e. The molecule has 0 saturated carbocycles. The fourth-order valence-corrected chi connectivity index (χ4v) is 5.84. The second kappa shape index (κ2) is 6.59.